The van der Waals surface area contributed by atoms with Crippen LogP contribution in [-0.2, 0) is 0 Å². The molecule has 2 heterocycles. The molecule has 67 heavy (non-hydrogen) atoms. The van der Waals surface area contributed by atoms with Gasteiger partial charge in [0.05, 0.1) is 0 Å². The smallest absolute Gasteiger partial charge is 0.164 e. The van der Waals surface area contributed by atoms with Crippen molar-refractivity contribution in [3.63, 3.8) is 0 Å². The Balaban J connectivity index is 0.894. The van der Waals surface area contributed by atoms with Gasteiger partial charge in [0.1, 0.15) is 11.3 Å². The molecule has 14 rings (SSSR count). The minimum absolute atomic E-state index is 0.606. The highest BCUT2D eigenvalue weighted by Crippen LogP contribution is 2.45. The summed E-state index contributed by atoms with van der Waals surface area (Å²) in [6, 6.07) is 80.3. The van der Waals surface area contributed by atoms with Gasteiger partial charge in [-0.2, -0.15) is 0 Å². The quantitative estimate of drug-likeness (QED) is 0.156. The van der Waals surface area contributed by atoms with Crippen molar-refractivity contribution in [3.05, 3.63) is 224 Å². The number of rotatable bonds is 6. The van der Waals surface area contributed by atoms with Crippen LogP contribution in [-0.4, -0.2) is 15.0 Å². The van der Waals surface area contributed by atoms with Gasteiger partial charge in [0.15, 0.2) is 17.5 Å². The molecule has 0 spiro atoms. The SMILES string of the molecule is c1ccc(-c2nc(-c3ccc(-c4cc5ccccc5o4)cc3)nc(-c3cccc(-c4cccc(-c5cc6ccc7cccc8c9cccc%10ccc%11cccc(c(c5)c6c78)c%11c%109)c4)c3)n2)cc1. The maximum atomic E-state index is 6.18. The van der Waals surface area contributed by atoms with Gasteiger partial charge in [-0.05, 0) is 123 Å². The van der Waals surface area contributed by atoms with Gasteiger partial charge in [-0.1, -0.05) is 188 Å². The molecule has 0 amide bonds. The molecule has 0 aliphatic carbocycles. The number of benzene rings is 11. The van der Waals surface area contributed by atoms with E-state index in [1.807, 2.05) is 48.5 Å². The Bertz CT molecular complexity index is 4230. The molecule has 0 bridgehead atoms. The van der Waals surface area contributed by atoms with Crippen molar-refractivity contribution in [1.82, 2.24) is 15.0 Å². The van der Waals surface area contributed by atoms with E-state index in [1.54, 1.807) is 0 Å². The molecule has 0 saturated heterocycles. The average molecular weight is 852 g/mol. The van der Waals surface area contributed by atoms with Crippen LogP contribution in [0.2, 0.25) is 0 Å². The van der Waals surface area contributed by atoms with Gasteiger partial charge in [-0.3, -0.25) is 0 Å². The Kier molecular flexibility index (Phi) is 8.25. The summed E-state index contributed by atoms with van der Waals surface area (Å²) in [6.07, 6.45) is 0. The van der Waals surface area contributed by atoms with Crippen LogP contribution in [0.1, 0.15) is 0 Å². The summed E-state index contributed by atoms with van der Waals surface area (Å²) >= 11 is 0. The topological polar surface area (TPSA) is 51.8 Å². The van der Waals surface area contributed by atoms with E-state index < -0.39 is 0 Å². The van der Waals surface area contributed by atoms with Crippen molar-refractivity contribution >= 4 is 75.6 Å². The summed E-state index contributed by atoms with van der Waals surface area (Å²) in [5.41, 5.74) is 9.12. The van der Waals surface area contributed by atoms with Crippen molar-refractivity contribution in [2.75, 3.05) is 0 Å². The molecule has 0 aliphatic rings. The van der Waals surface area contributed by atoms with Gasteiger partial charge in [0.2, 0.25) is 0 Å². The lowest BCUT2D eigenvalue weighted by Gasteiger charge is -2.17. The van der Waals surface area contributed by atoms with Gasteiger partial charge in [-0.25, -0.2) is 15.0 Å². The Morgan fingerprint density at radius 2 is 0.672 bits per heavy atom. The summed E-state index contributed by atoms with van der Waals surface area (Å²) in [6.45, 7) is 0. The number of nitrogens with zero attached hydrogens (tertiary/aromatic N) is 3. The van der Waals surface area contributed by atoms with E-state index in [9.17, 15) is 0 Å². The van der Waals surface area contributed by atoms with Gasteiger partial charge in [0.25, 0.3) is 0 Å². The summed E-state index contributed by atoms with van der Waals surface area (Å²) < 4.78 is 6.18. The molecule has 0 aliphatic heterocycles. The first-order chi connectivity index (χ1) is 33.2. The molecule has 310 valence electrons. The fourth-order valence-corrected chi connectivity index (χ4v) is 10.4. The first kappa shape index (κ1) is 37.4. The Hall–Kier alpha value is -8.99. The zero-order chi connectivity index (χ0) is 44.0. The van der Waals surface area contributed by atoms with E-state index in [-0.39, 0.29) is 0 Å². The van der Waals surface area contributed by atoms with Crippen LogP contribution < -0.4 is 0 Å². The van der Waals surface area contributed by atoms with E-state index in [0.29, 0.717) is 17.5 Å². The molecule has 0 unspecified atom stereocenters. The Labute approximate surface area is 385 Å². The third-order valence-electron chi connectivity index (χ3n) is 13.6. The normalized spacial score (nSPS) is 11.9. The Morgan fingerprint density at radius 1 is 0.239 bits per heavy atom. The van der Waals surface area contributed by atoms with Crippen LogP contribution in [0.15, 0.2) is 229 Å². The molecule has 0 fully saturated rings. The maximum Gasteiger partial charge on any atom is 0.164 e. The summed E-state index contributed by atoms with van der Waals surface area (Å²) in [4.78, 5) is 15.2. The van der Waals surface area contributed by atoms with Crippen LogP contribution in [0.4, 0.5) is 0 Å². The summed E-state index contributed by atoms with van der Waals surface area (Å²) in [5.74, 6) is 2.66. The predicted octanol–water partition coefficient (Wildman–Crippen LogP) is 17.0. The lowest BCUT2D eigenvalue weighted by atomic mass is 9.86. The van der Waals surface area contributed by atoms with E-state index in [0.717, 1.165) is 55.7 Å². The first-order valence-electron chi connectivity index (χ1n) is 22.7. The van der Waals surface area contributed by atoms with Crippen LogP contribution in [0.5, 0.6) is 0 Å². The van der Waals surface area contributed by atoms with E-state index >= 15 is 0 Å². The van der Waals surface area contributed by atoms with Crippen LogP contribution >= 0.6 is 0 Å². The second-order valence-corrected chi connectivity index (χ2v) is 17.5. The number of furan rings is 1. The molecule has 2 aromatic heterocycles. The second-order valence-electron chi connectivity index (χ2n) is 17.5. The van der Waals surface area contributed by atoms with Crippen molar-refractivity contribution in [3.8, 4) is 67.7 Å². The zero-order valence-electron chi connectivity index (χ0n) is 36.1. The molecule has 4 nitrogen and oxygen atoms in total. The standard InChI is InChI=1S/C63H37N3O/c1-2-11-42(12-3-1)61-64-62(43-30-25-38(26-31-43)56-37-47-13-4-5-24-55(47)67-56)66-63(65-61)49-20-7-18-45(34-49)44-17-6-19-46(33-44)50-35-48-32-29-41-15-9-22-52-51-21-8-14-39-27-28-40-16-10-23-53(59(40)57(39)51)54(36-50)60(48)58(41)52/h1-37H. The van der Waals surface area contributed by atoms with E-state index in [2.05, 4.69) is 176 Å². The highest BCUT2D eigenvalue weighted by Gasteiger charge is 2.18. The second kappa shape index (κ2) is 14.8. The zero-order valence-corrected chi connectivity index (χ0v) is 36.1. The van der Waals surface area contributed by atoms with Crippen molar-refractivity contribution < 1.29 is 4.42 Å². The molecule has 14 aromatic rings. The van der Waals surface area contributed by atoms with Crippen LogP contribution in [0.3, 0.4) is 0 Å². The molecule has 0 atom stereocenters. The molecular weight excluding hydrogens is 815 g/mol. The van der Waals surface area contributed by atoms with E-state index in [4.69, 9.17) is 19.4 Å². The first-order valence-corrected chi connectivity index (χ1v) is 22.7. The average Bonchev–Trinajstić information content (AvgIpc) is 3.84. The lowest BCUT2D eigenvalue weighted by Crippen LogP contribution is -2.00. The van der Waals surface area contributed by atoms with Gasteiger partial charge in [0, 0.05) is 27.6 Å². The monoisotopic (exact) mass is 851 g/mol. The number of fused-ring (bicyclic) bond motifs is 3. The molecule has 4 heteroatoms. The van der Waals surface area contributed by atoms with Crippen LogP contribution in [0.25, 0.3) is 143 Å². The summed E-state index contributed by atoms with van der Waals surface area (Å²) in [5, 5.41) is 16.4. The molecule has 0 radical (unpaired) electrons. The predicted molar refractivity (Wildman–Crippen MR) is 278 cm³/mol. The lowest BCUT2D eigenvalue weighted by molar-refractivity contribution is 0.631. The fourth-order valence-electron chi connectivity index (χ4n) is 10.4. The number of aromatic nitrogens is 3. The number of hydrogen-bond acceptors (Lipinski definition) is 4. The van der Waals surface area contributed by atoms with Crippen molar-refractivity contribution in [2.24, 2.45) is 0 Å². The third-order valence-corrected chi connectivity index (χ3v) is 13.6. The number of para-hydroxylation sites is 1. The molecule has 12 aromatic carbocycles. The highest BCUT2D eigenvalue weighted by atomic mass is 16.3. The number of hydrogen-bond donors (Lipinski definition) is 0. The maximum absolute atomic E-state index is 6.18. The molecule has 0 N–H and O–H groups in total. The van der Waals surface area contributed by atoms with Gasteiger partial charge < -0.3 is 4.42 Å². The van der Waals surface area contributed by atoms with Crippen molar-refractivity contribution in [1.29, 1.82) is 0 Å². The minimum Gasteiger partial charge on any atom is -0.456 e. The van der Waals surface area contributed by atoms with Gasteiger partial charge in [-0.15, -0.1) is 0 Å². The summed E-state index contributed by atoms with van der Waals surface area (Å²) in [7, 11) is 0. The third kappa shape index (κ3) is 6.11. The Morgan fingerprint density at radius 3 is 1.30 bits per heavy atom. The van der Waals surface area contributed by atoms with Crippen LogP contribution in [0, 0.1) is 0 Å². The minimum atomic E-state index is 0.606. The van der Waals surface area contributed by atoms with Crippen molar-refractivity contribution in [2.45, 2.75) is 0 Å². The van der Waals surface area contributed by atoms with Gasteiger partial charge >= 0.3 is 0 Å². The largest absolute Gasteiger partial charge is 0.456 e. The highest BCUT2D eigenvalue weighted by molar-refractivity contribution is 6.37. The fraction of sp³-hybridized carbons (Fsp3) is 0. The van der Waals surface area contributed by atoms with E-state index in [1.165, 1.54) is 70.2 Å². The molecular formula is C63H37N3O. The molecule has 0 saturated carbocycles.